The minimum atomic E-state index is -0.366. The van der Waals surface area contributed by atoms with E-state index in [0.717, 1.165) is 12.8 Å². The molecule has 0 radical (unpaired) electrons. The second kappa shape index (κ2) is 5.82. The van der Waals surface area contributed by atoms with Crippen LogP contribution in [0.5, 0.6) is 5.88 Å². The third kappa shape index (κ3) is 2.98. The molecule has 0 unspecified atom stereocenters. The Morgan fingerprint density at radius 3 is 3.11 bits per heavy atom. The zero-order valence-corrected chi connectivity index (χ0v) is 10.7. The topological polar surface area (TPSA) is 60.5 Å². The van der Waals surface area contributed by atoms with E-state index in [1.165, 1.54) is 0 Å². The van der Waals surface area contributed by atoms with Gasteiger partial charge < -0.3 is 14.8 Å². The van der Waals surface area contributed by atoms with Crippen LogP contribution in [0.4, 0.5) is 5.69 Å². The van der Waals surface area contributed by atoms with Crippen LogP contribution in [0.15, 0.2) is 18.3 Å². The van der Waals surface area contributed by atoms with Crippen LogP contribution in [0, 0.1) is 0 Å². The zero-order valence-electron chi connectivity index (χ0n) is 10.7. The molecule has 0 bridgehead atoms. The highest BCUT2D eigenvalue weighted by Crippen LogP contribution is 2.24. The number of amides is 1. The number of carbonyl (C=O) groups is 1. The molecule has 1 N–H and O–H groups in total. The number of nitrogens with one attached hydrogen (secondary N) is 1. The predicted octanol–water partition coefficient (Wildman–Crippen LogP) is 1.99. The summed E-state index contributed by atoms with van der Waals surface area (Å²) in [6, 6.07) is 3.53. The number of pyridine rings is 1. The molecule has 5 heteroatoms. The van der Waals surface area contributed by atoms with Gasteiger partial charge in [-0.25, -0.2) is 4.98 Å². The second-order valence-electron chi connectivity index (χ2n) is 4.29. The molecule has 2 rings (SSSR count). The van der Waals surface area contributed by atoms with Crippen molar-refractivity contribution in [3.05, 3.63) is 18.3 Å². The van der Waals surface area contributed by atoms with Gasteiger partial charge in [-0.15, -0.1) is 0 Å². The van der Waals surface area contributed by atoms with Gasteiger partial charge in [0, 0.05) is 6.20 Å². The van der Waals surface area contributed by atoms with E-state index >= 15 is 0 Å². The summed E-state index contributed by atoms with van der Waals surface area (Å²) in [6.45, 7) is 4.36. The van der Waals surface area contributed by atoms with Crippen molar-refractivity contribution in [2.24, 2.45) is 0 Å². The number of carbonyl (C=O) groups excluding carboxylic acids is 1. The maximum absolute atomic E-state index is 12.0. The van der Waals surface area contributed by atoms with Crippen LogP contribution < -0.4 is 10.1 Å². The average molecular weight is 250 g/mol. The van der Waals surface area contributed by atoms with E-state index in [9.17, 15) is 4.79 Å². The highest BCUT2D eigenvalue weighted by atomic mass is 16.5. The summed E-state index contributed by atoms with van der Waals surface area (Å²) >= 11 is 0. The quantitative estimate of drug-likeness (QED) is 0.887. The van der Waals surface area contributed by atoms with Crippen molar-refractivity contribution in [3.63, 3.8) is 0 Å². The van der Waals surface area contributed by atoms with Crippen LogP contribution in [-0.4, -0.2) is 29.7 Å². The third-order valence-electron chi connectivity index (χ3n) is 2.83. The molecule has 1 aliphatic heterocycles. The lowest BCUT2D eigenvalue weighted by atomic mass is 10.2. The predicted molar refractivity (Wildman–Crippen MR) is 67.6 cm³/mol. The molecule has 1 aliphatic rings. The highest BCUT2D eigenvalue weighted by Gasteiger charge is 2.28. The van der Waals surface area contributed by atoms with Crippen molar-refractivity contribution in [1.29, 1.82) is 0 Å². The Labute approximate surface area is 107 Å². The first-order chi connectivity index (χ1) is 8.70. The second-order valence-corrected chi connectivity index (χ2v) is 4.29. The molecule has 0 aromatic carbocycles. The fourth-order valence-electron chi connectivity index (χ4n) is 1.95. The molecule has 0 aliphatic carbocycles. The molecule has 1 saturated heterocycles. The number of anilines is 1. The van der Waals surface area contributed by atoms with Crippen molar-refractivity contribution in [2.75, 3.05) is 11.9 Å². The van der Waals surface area contributed by atoms with E-state index in [-0.39, 0.29) is 18.1 Å². The van der Waals surface area contributed by atoms with Crippen LogP contribution in [-0.2, 0) is 9.53 Å². The number of ether oxygens (including phenoxy) is 2. The van der Waals surface area contributed by atoms with Gasteiger partial charge in [0.2, 0.25) is 5.88 Å². The Balaban J connectivity index is 2.02. The first kappa shape index (κ1) is 12.8. The van der Waals surface area contributed by atoms with Gasteiger partial charge in [0.05, 0.1) is 12.7 Å². The number of nitrogens with zero attached hydrogens (tertiary/aromatic N) is 1. The molecule has 1 fully saturated rings. The Morgan fingerprint density at radius 1 is 1.61 bits per heavy atom. The normalized spacial score (nSPS) is 22.8. The van der Waals surface area contributed by atoms with E-state index in [4.69, 9.17) is 9.47 Å². The monoisotopic (exact) mass is 250 g/mol. The maximum atomic E-state index is 12.0. The standard InChI is InChI=1S/C13H18N2O3/c1-3-17-13-10(5-4-8-14-13)15-12(16)11-7-6-9(2)18-11/h4-5,8-9,11H,3,6-7H2,1-2H3,(H,15,16)/t9-,11-/m0/s1. The summed E-state index contributed by atoms with van der Waals surface area (Å²) in [4.78, 5) is 16.1. The minimum Gasteiger partial charge on any atom is -0.476 e. The van der Waals surface area contributed by atoms with Gasteiger partial charge in [0.1, 0.15) is 11.8 Å². The van der Waals surface area contributed by atoms with Gasteiger partial charge in [-0.1, -0.05) is 0 Å². The van der Waals surface area contributed by atoms with Crippen LogP contribution >= 0.6 is 0 Å². The molecule has 0 saturated carbocycles. The number of hydrogen-bond acceptors (Lipinski definition) is 4. The van der Waals surface area contributed by atoms with Crippen molar-refractivity contribution < 1.29 is 14.3 Å². The van der Waals surface area contributed by atoms with E-state index in [1.807, 2.05) is 13.8 Å². The zero-order chi connectivity index (χ0) is 13.0. The molecular formula is C13H18N2O3. The fourth-order valence-corrected chi connectivity index (χ4v) is 1.95. The molecular weight excluding hydrogens is 232 g/mol. The molecule has 18 heavy (non-hydrogen) atoms. The number of aromatic nitrogens is 1. The smallest absolute Gasteiger partial charge is 0.253 e. The maximum Gasteiger partial charge on any atom is 0.253 e. The van der Waals surface area contributed by atoms with Gasteiger partial charge in [-0.3, -0.25) is 4.79 Å². The molecule has 1 amide bonds. The molecule has 5 nitrogen and oxygen atoms in total. The molecule has 98 valence electrons. The van der Waals surface area contributed by atoms with Crippen LogP contribution in [0.25, 0.3) is 0 Å². The van der Waals surface area contributed by atoms with Gasteiger partial charge >= 0.3 is 0 Å². The molecule has 0 spiro atoms. The Morgan fingerprint density at radius 2 is 2.44 bits per heavy atom. The molecule has 2 atom stereocenters. The van der Waals surface area contributed by atoms with Crippen molar-refractivity contribution in [3.8, 4) is 5.88 Å². The van der Waals surface area contributed by atoms with Crippen LogP contribution in [0.1, 0.15) is 26.7 Å². The number of rotatable bonds is 4. The highest BCUT2D eigenvalue weighted by molar-refractivity contribution is 5.95. The van der Waals surface area contributed by atoms with Gasteiger partial charge in [0.15, 0.2) is 0 Å². The van der Waals surface area contributed by atoms with Gasteiger partial charge in [0.25, 0.3) is 5.91 Å². The largest absolute Gasteiger partial charge is 0.476 e. The Bertz CT molecular complexity index is 422. The molecule has 1 aromatic heterocycles. The van der Waals surface area contributed by atoms with Crippen LogP contribution in [0.3, 0.4) is 0 Å². The van der Waals surface area contributed by atoms with E-state index in [2.05, 4.69) is 10.3 Å². The summed E-state index contributed by atoms with van der Waals surface area (Å²) in [5.41, 5.74) is 0.590. The first-order valence-electron chi connectivity index (χ1n) is 6.25. The van der Waals surface area contributed by atoms with Gasteiger partial charge in [-0.05, 0) is 38.8 Å². The number of hydrogen-bond donors (Lipinski definition) is 1. The summed E-state index contributed by atoms with van der Waals surface area (Å²) < 4.78 is 10.9. The van der Waals surface area contributed by atoms with E-state index in [0.29, 0.717) is 18.2 Å². The SMILES string of the molecule is CCOc1ncccc1NC(=O)[C@@H]1CC[C@H](C)O1. The molecule has 1 aromatic rings. The Kier molecular flexibility index (Phi) is 4.15. The van der Waals surface area contributed by atoms with Crippen molar-refractivity contribution >= 4 is 11.6 Å². The lowest BCUT2D eigenvalue weighted by Gasteiger charge is -2.13. The van der Waals surface area contributed by atoms with E-state index < -0.39 is 0 Å². The summed E-state index contributed by atoms with van der Waals surface area (Å²) in [7, 11) is 0. The van der Waals surface area contributed by atoms with Crippen molar-refractivity contribution in [2.45, 2.75) is 38.9 Å². The third-order valence-corrected chi connectivity index (χ3v) is 2.83. The van der Waals surface area contributed by atoms with Gasteiger partial charge in [-0.2, -0.15) is 0 Å². The van der Waals surface area contributed by atoms with E-state index in [1.54, 1.807) is 18.3 Å². The van der Waals surface area contributed by atoms with Crippen LogP contribution in [0.2, 0.25) is 0 Å². The minimum absolute atomic E-state index is 0.131. The average Bonchev–Trinajstić information content (AvgIpc) is 2.79. The van der Waals surface area contributed by atoms with Crippen molar-refractivity contribution in [1.82, 2.24) is 4.98 Å². The molecule has 2 heterocycles. The fraction of sp³-hybridized carbons (Fsp3) is 0.538. The first-order valence-corrected chi connectivity index (χ1v) is 6.25. The lowest BCUT2D eigenvalue weighted by Crippen LogP contribution is -2.28. The summed E-state index contributed by atoms with van der Waals surface area (Å²) in [5.74, 6) is 0.313. The summed E-state index contributed by atoms with van der Waals surface area (Å²) in [6.07, 6.45) is 3.10. The Hall–Kier alpha value is -1.62. The summed E-state index contributed by atoms with van der Waals surface area (Å²) in [5, 5.41) is 2.81. The lowest BCUT2D eigenvalue weighted by molar-refractivity contribution is -0.126.